The van der Waals surface area contributed by atoms with Crippen molar-refractivity contribution in [2.45, 2.75) is 32.7 Å². The van der Waals surface area contributed by atoms with Crippen LogP contribution in [0.5, 0.6) is 0 Å². The first kappa shape index (κ1) is 20.1. The van der Waals surface area contributed by atoms with Gasteiger partial charge in [-0.1, -0.05) is 61.5 Å². The van der Waals surface area contributed by atoms with Crippen LogP contribution in [0.15, 0.2) is 65.7 Å². The third-order valence-electron chi connectivity index (χ3n) is 7.38. The number of piperidine rings is 1. The van der Waals surface area contributed by atoms with E-state index in [1.807, 2.05) is 19.1 Å². The minimum absolute atomic E-state index is 0.0405. The molecule has 1 saturated heterocycles. The van der Waals surface area contributed by atoms with Crippen molar-refractivity contribution in [1.29, 1.82) is 0 Å². The third-order valence-corrected chi connectivity index (χ3v) is 7.38. The summed E-state index contributed by atoms with van der Waals surface area (Å²) in [6, 6.07) is 17.5. The summed E-state index contributed by atoms with van der Waals surface area (Å²) in [6.45, 7) is 4.76. The van der Waals surface area contributed by atoms with Gasteiger partial charge in [0.25, 0.3) is 0 Å². The number of carbonyl (C=O) groups is 3. The summed E-state index contributed by atoms with van der Waals surface area (Å²) in [5, 5.41) is 0. The van der Waals surface area contributed by atoms with Crippen LogP contribution in [-0.4, -0.2) is 35.3 Å². The van der Waals surface area contributed by atoms with Gasteiger partial charge in [-0.25, -0.2) is 0 Å². The quantitative estimate of drug-likeness (QED) is 0.744. The van der Waals surface area contributed by atoms with Crippen LogP contribution >= 0.6 is 0 Å². The van der Waals surface area contributed by atoms with E-state index in [9.17, 15) is 14.4 Å². The molecule has 2 unspecified atom stereocenters. The molecule has 0 amide bonds. The van der Waals surface area contributed by atoms with Gasteiger partial charge < -0.3 is 0 Å². The molecule has 2 aliphatic carbocycles. The second-order valence-corrected chi connectivity index (χ2v) is 9.15. The second-order valence-electron chi connectivity index (χ2n) is 9.15. The van der Waals surface area contributed by atoms with Gasteiger partial charge in [0, 0.05) is 47.1 Å². The zero-order chi connectivity index (χ0) is 21.5. The Kier molecular flexibility index (Phi) is 5.19. The van der Waals surface area contributed by atoms with Crippen LogP contribution in [0.4, 0.5) is 0 Å². The van der Waals surface area contributed by atoms with Gasteiger partial charge in [0.2, 0.25) is 0 Å². The van der Waals surface area contributed by atoms with Crippen molar-refractivity contribution in [3.63, 3.8) is 0 Å². The van der Waals surface area contributed by atoms with Crippen LogP contribution in [0.25, 0.3) is 0 Å². The first-order chi connectivity index (χ1) is 15.0. The number of hydrogen-bond donors (Lipinski definition) is 0. The monoisotopic (exact) mass is 413 g/mol. The highest BCUT2D eigenvalue weighted by Gasteiger charge is 2.46. The Morgan fingerprint density at radius 3 is 2.13 bits per heavy atom. The highest BCUT2D eigenvalue weighted by atomic mass is 16.1. The molecule has 4 nitrogen and oxygen atoms in total. The fourth-order valence-corrected chi connectivity index (χ4v) is 5.72. The van der Waals surface area contributed by atoms with Gasteiger partial charge >= 0.3 is 0 Å². The van der Waals surface area contributed by atoms with Crippen LogP contribution in [-0.2, 0) is 11.3 Å². The van der Waals surface area contributed by atoms with E-state index < -0.39 is 0 Å². The molecule has 4 heteroatoms. The Labute approximate surface area is 182 Å². The Hall–Kier alpha value is -2.85. The molecule has 1 heterocycles. The van der Waals surface area contributed by atoms with Gasteiger partial charge in [0.05, 0.1) is 0 Å². The normalized spacial score (nSPS) is 24.9. The topological polar surface area (TPSA) is 54.5 Å². The molecular weight excluding hydrogens is 386 g/mol. The number of benzene rings is 2. The number of ketones is 3. The van der Waals surface area contributed by atoms with Crippen molar-refractivity contribution in [2.24, 2.45) is 17.8 Å². The van der Waals surface area contributed by atoms with E-state index in [4.69, 9.17) is 0 Å². The average molecular weight is 414 g/mol. The van der Waals surface area contributed by atoms with E-state index in [-0.39, 0.29) is 41.5 Å². The Morgan fingerprint density at radius 1 is 0.839 bits per heavy atom. The summed E-state index contributed by atoms with van der Waals surface area (Å²) >= 11 is 0. The first-order valence-electron chi connectivity index (χ1n) is 11.2. The van der Waals surface area contributed by atoms with Gasteiger partial charge in [0.1, 0.15) is 5.78 Å². The largest absolute Gasteiger partial charge is 0.299 e. The van der Waals surface area contributed by atoms with Crippen LogP contribution in [0.2, 0.25) is 0 Å². The SMILES string of the molecule is CC1C(=O)CC2=C(C(=O)c3ccccc3C2=O)C1C1CCN(Cc2ccccc2)CC1. The molecule has 0 spiro atoms. The van der Waals surface area contributed by atoms with Gasteiger partial charge in [-0.3, -0.25) is 19.3 Å². The third kappa shape index (κ3) is 3.49. The van der Waals surface area contributed by atoms with Crippen LogP contribution in [0.3, 0.4) is 0 Å². The molecule has 5 rings (SSSR count). The molecular formula is C27H27NO3. The Balaban J connectivity index is 1.41. The highest BCUT2D eigenvalue weighted by molar-refractivity contribution is 6.28. The summed E-state index contributed by atoms with van der Waals surface area (Å²) in [5.74, 6) is -0.195. The molecule has 1 aliphatic heterocycles. The summed E-state index contributed by atoms with van der Waals surface area (Å²) in [5.41, 5.74) is 3.35. The van der Waals surface area contributed by atoms with Crippen molar-refractivity contribution in [3.05, 3.63) is 82.4 Å². The number of likely N-dealkylation sites (tertiary alicyclic amines) is 1. The zero-order valence-electron chi connectivity index (χ0n) is 17.8. The van der Waals surface area contributed by atoms with Crippen LogP contribution < -0.4 is 0 Å². The molecule has 0 N–H and O–H groups in total. The van der Waals surface area contributed by atoms with Crippen molar-refractivity contribution in [2.75, 3.05) is 13.1 Å². The molecule has 2 atom stereocenters. The average Bonchev–Trinajstić information content (AvgIpc) is 2.80. The second kappa shape index (κ2) is 8.01. The molecule has 0 saturated carbocycles. The molecule has 0 bridgehead atoms. The van der Waals surface area contributed by atoms with Gasteiger partial charge in [-0.2, -0.15) is 0 Å². The zero-order valence-corrected chi connectivity index (χ0v) is 17.8. The molecule has 2 aromatic carbocycles. The lowest BCUT2D eigenvalue weighted by molar-refractivity contribution is -0.124. The number of rotatable bonds is 3. The van der Waals surface area contributed by atoms with Gasteiger partial charge in [0.15, 0.2) is 11.6 Å². The van der Waals surface area contributed by atoms with Crippen molar-refractivity contribution in [1.82, 2.24) is 4.90 Å². The number of fused-ring (bicyclic) bond motifs is 1. The van der Waals surface area contributed by atoms with E-state index in [0.717, 1.165) is 32.5 Å². The fourth-order valence-electron chi connectivity index (χ4n) is 5.72. The van der Waals surface area contributed by atoms with Crippen molar-refractivity contribution in [3.8, 4) is 0 Å². The maximum Gasteiger partial charge on any atom is 0.190 e. The van der Waals surface area contributed by atoms with Crippen LogP contribution in [0, 0.1) is 17.8 Å². The van der Waals surface area contributed by atoms with Gasteiger partial charge in [-0.15, -0.1) is 0 Å². The van der Waals surface area contributed by atoms with E-state index in [1.165, 1.54) is 5.56 Å². The molecule has 2 aromatic rings. The predicted molar refractivity (Wildman–Crippen MR) is 119 cm³/mol. The maximum atomic E-state index is 13.5. The lowest BCUT2D eigenvalue weighted by Crippen LogP contribution is -2.44. The summed E-state index contributed by atoms with van der Waals surface area (Å²) in [6.07, 6.45) is 1.97. The van der Waals surface area contributed by atoms with Gasteiger partial charge in [-0.05, 0) is 37.4 Å². The minimum Gasteiger partial charge on any atom is -0.299 e. The molecule has 1 fully saturated rings. The van der Waals surface area contributed by atoms with E-state index in [1.54, 1.807) is 18.2 Å². The minimum atomic E-state index is -0.216. The molecule has 158 valence electrons. The maximum absolute atomic E-state index is 13.5. The number of nitrogens with zero attached hydrogens (tertiary/aromatic N) is 1. The molecule has 31 heavy (non-hydrogen) atoms. The lowest BCUT2D eigenvalue weighted by Gasteiger charge is -2.42. The van der Waals surface area contributed by atoms with Crippen molar-refractivity contribution < 1.29 is 14.4 Å². The Bertz CT molecular complexity index is 1080. The lowest BCUT2D eigenvalue weighted by atomic mass is 9.62. The van der Waals surface area contributed by atoms with Crippen LogP contribution in [0.1, 0.15) is 52.5 Å². The summed E-state index contributed by atoms with van der Waals surface area (Å²) in [7, 11) is 0. The van der Waals surface area contributed by atoms with Crippen molar-refractivity contribution >= 4 is 17.3 Å². The number of allylic oxidation sites excluding steroid dienone is 2. The number of Topliss-reactive ketones (excluding diaryl/α,β-unsaturated/α-hetero) is 3. The molecule has 0 aromatic heterocycles. The number of carbonyl (C=O) groups excluding carboxylic acids is 3. The first-order valence-corrected chi connectivity index (χ1v) is 11.2. The summed E-state index contributed by atoms with van der Waals surface area (Å²) in [4.78, 5) is 41.9. The summed E-state index contributed by atoms with van der Waals surface area (Å²) < 4.78 is 0. The fraction of sp³-hybridized carbons (Fsp3) is 0.370. The predicted octanol–water partition coefficient (Wildman–Crippen LogP) is 4.50. The standard InChI is InChI=1S/C27H27NO3/c1-17-23(29)15-22-25(27(31)21-10-6-5-9-20(21)26(22)30)24(17)19-11-13-28(14-12-19)16-18-7-3-2-4-8-18/h2-10,17,19,24H,11-16H2,1H3. The smallest absolute Gasteiger partial charge is 0.190 e. The van der Waals surface area contributed by atoms with E-state index in [2.05, 4.69) is 29.2 Å². The number of hydrogen-bond acceptors (Lipinski definition) is 4. The van der Waals surface area contributed by atoms with E-state index >= 15 is 0 Å². The highest BCUT2D eigenvalue weighted by Crippen LogP contribution is 2.45. The van der Waals surface area contributed by atoms with E-state index in [0.29, 0.717) is 22.3 Å². The molecule has 0 radical (unpaired) electrons. The Morgan fingerprint density at radius 2 is 1.45 bits per heavy atom. The molecule has 3 aliphatic rings.